The van der Waals surface area contributed by atoms with Crippen LogP contribution in [0.1, 0.15) is 44.0 Å². The predicted molar refractivity (Wildman–Crippen MR) is 133 cm³/mol. The standard InChI is InChI=1S/C23H26Cl2N4O5S/c24-17-6-5-16-21(14-11-26-29(12-14)19-3-1-2-9-34-19)18-7-4-15(13-28(18)23(16)22(17)25)27-35(32,33)10-8-20(30)31/h5-6,11-12,15,19,27H,1-4,7-10,13H2,(H,30,31). The van der Waals surface area contributed by atoms with E-state index in [1.165, 1.54) is 0 Å². The fourth-order valence-electron chi connectivity index (χ4n) is 5.02. The average Bonchev–Trinajstić information content (AvgIpc) is 3.43. The van der Waals surface area contributed by atoms with Crippen molar-refractivity contribution in [3.8, 4) is 11.1 Å². The van der Waals surface area contributed by atoms with Crippen molar-refractivity contribution in [3.05, 3.63) is 40.3 Å². The molecule has 5 rings (SSSR count). The molecule has 2 aromatic heterocycles. The second kappa shape index (κ2) is 9.74. The first-order valence-corrected chi connectivity index (χ1v) is 14.0. The van der Waals surface area contributed by atoms with E-state index in [0.29, 0.717) is 29.4 Å². The molecule has 2 atom stereocenters. The summed E-state index contributed by atoms with van der Waals surface area (Å²) in [5, 5.41) is 15.2. The molecule has 35 heavy (non-hydrogen) atoms. The van der Waals surface area contributed by atoms with E-state index < -0.39 is 34.2 Å². The Bertz CT molecular complexity index is 1380. The quantitative estimate of drug-likeness (QED) is 0.463. The number of nitrogens with one attached hydrogen (secondary N) is 1. The lowest BCUT2D eigenvalue weighted by Crippen LogP contribution is -2.42. The number of ether oxygens (including phenoxy) is 1. The lowest BCUT2D eigenvalue weighted by Gasteiger charge is -2.27. The van der Waals surface area contributed by atoms with Crippen LogP contribution in [0.2, 0.25) is 10.0 Å². The van der Waals surface area contributed by atoms with Crippen molar-refractivity contribution in [2.24, 2.45) is 0 Å². The fourth-order valence-corrected chi connectivity index (χ4v) is 6.71. The lowest BCUT2D eigenvalue weighted by molar-refractivity contribution is -0.136. The Labute approximate surface area is 213 Å². The van der Waals surface area contributed by atoms with Crippen molar-refractivity contribution >= 4 is 50.1 Å². The minimum Gasteiger partial charge on any atom is -0.481 e. The van der Waals surface area contributed by atoms with Crippen molar-refractivity contribution < 1.29 is 23.1 Å². The van der Waals surface area contributed by atoms with E-state index in [0.717, 1.165) is 53.6 Å². The molecule has 0 spiro atoms. The van der Waals surface area contributed by atoms with Gasteiger partial charge in [0.05, 0.1) is 33.9 Å². The number of aromatic nitrogens is 3. The van der Waals surface area contributed by atoms with E-state index in [9.17, 15) is 13.2 Å². The zero-order valence-corrected chi connectivity index (χ0v) is 21.2. The summed E-state index contributed by atoms with van der Waals surface area (Å²) in [6, 6.07) is 3.31. The topological polar surface area (TPSA) is 115 Å². The number of benzene rings is 1. The highest BCUT2D eigenvalue weighted by Crippen LogP contribution is 2.43. The first-order valence-electron chi connectivity index (χ1n) is 11.6. The van der Waals surface area contributed by atoms with Crippen molar-refractivity contribution in [3.63, 3.8) is 0 Å². The molecule has 188 valence electrons. The minimum atomic E-state index is -3.74. The van der Waals surface area contributed by atoms with Crippen LogP contribution in [0.25, 0.3) is 22.0 Å². The summed E-state index contributed by atoms with van der Waals surface area (Å²) in [7, 11) is -3.74. The van der Waals surface area contributed by atoms with Crippen LogP contribution in [0.5, 0.6) is 0 Å². The maximum absolute atomic E-state index is 12.4. The van der Waals surface area contributed by atoms with Crippen LogP contribution in [0.15, 0.2) is 24.5 Å². The molecular formula is C23H26Cl2N4O5S. The summed E-state index contributed by atoms with van der Waals surface area (Å²) in [5.41, 5.74) is 3.74. The Morgan fingerprint density at radius 1 is 1.26 bits per heavy atom. The second-order valence-corrected chi connectivity index (χ2v) is 11.7. The summed E-state index contributed by atoms with van der Waals surface area (Å²) in [5.74, 6) is -1.61. The zero-order valence-electron chi connectivity index (χ0n) is 18.9. The number of hydrogen-bond donors (Lipinski definition) is 2. The van der Waals surface area contributed by atoms with Crippen molar-refractivity contribution in [1.29, 1.82) is 0 Å². The molecule has 0 radical (unpaired) electrons. The largest absolute Gasteiger partial charge is 0.481 e. The van der Waals surface area contributed by atoms with Crippen LogP contribution in [-0.2, 0) is 32.5 Å². The molecule has 0 bridgehead atoms. The summed E-state index contributed by atoms with van der Waals surface area (Å²) in [6.45, 7) is 1.08. The van der Waals surface area contributed by atoms with Gasteiger partial charge >= 0.3 is 5.97 Å². The summed E-state index contributed by atoms with van der Waals surface area (Å²) in [6.07, 6.45) is 7.55. The Balaban J connectivity index is 1.51. The van der Waals surface area contributed by atoms with Crippen LogP contribution in [0.4, 0.5) is 0 Å². The van der Waals surface area contributed by atoms with Crippen LogP contribution < -0.4 is 4.72 Å². The third kappa shape index (κ3) is 4.95. The molecule has 2 aliphatic heterocycles. The van der Waals surface area contributed by atoms with E-state index >= 15 is 0 Å². The lowest BCUT2D eigenvalue weighted by atomic mass is 9.99. The van der Waals surface area contributed by atoms with Gasteiger partial charge < -0.3 is 14.4 Å². The van der Waals surface area contributed by atoms with Crippen LogP contribution in [0.3, 0.4) is 0 Å². The van der Waals surface area contributed by atoms with Gasteiger partial charge in [-0.2, -0.15) is 5.10 Å². The van der Waals surface area contributed by atoms with E-state index in [1.54, 1.807) is 6.07 Å². The molecule has 1 fully saturated rings. The maximum Gasteiger partial charge on any atom is 0.304 e. The van der Waals surface area contributed by atoms with Crippen molar-refractivity contribution in [1.82, 2.24) is 19.1 Å². The van der Waals surface area contributed by atoms with E-state index in [4.69, 9.17) is 33.0 Å². The molecule has 3 aromatic rings. The normalized spacial score (nSPS) is 20.7. The van der Waals surface area contributed by atoms with Crippen molar-refractivity contribution in [2.45, 2.75) is 57.3 Å². The Morgan fingerprint density at radius 3 is 2.83 bits per heavy atom. The van der Waals surface area contributed by atoms with E-state index in [2.05, 4.69) is 9.82 Å². The van der Waals surface area contributed by atoms with Gasteiger partial charge in [0.15, 0.2) is 0 Å². The summed E-state index contributed by atoms with van der Waals surface area (Å²) < 4.78 is 37.3. The van der Waals surface area contributed by atoms with Gasteiger partial charge in [-0.25, -0.2) is 17.8 Å². The fraction of sp³-hybridized carbons (Fsp3) is 0.478. The monoisotopic (exact) mass is 540 g/mol. The number of nitrogens with zero attached hydrogens (tertiary/aromatic N) is 3. The van der Waals surface area contributed by atoms with Crippen LogP contribution in [0, 0.1) is 0 Å². The number of fused-ring (bicyclic) bond motifs is 3. The Hall–Kier alpha value is -2.11. The van der Waals surface area contributed by atoms with E-state index in [1.807, 2.05) is 27.7 Å². The highest BCUT2D eigenvalue weighted by atomic mass is 35.5. The van der Waals surface area contributed by atoms with E-state index in [-0.39, 0.29) is 6.23 Å². The predicted octanol–water partition coefficient (Wildman–Crippen LogP) is 4.22. The van der Waals surface area contributed by atoms with Crippen LogP contribution >= 0.6 is 23.2 Å². The van der Waals surface area contributed by atoms with Crippen LogP contribution in [-0.4, -0.2) is 52.2 Å². The number of sulfonamides is 1. The molecule has 9 nitrogen and oxygen atoms in total. The Kier molecular flexibility index (Phi) is 6.84. The first kappa shape index (κ1) is 24.6. The minimum absolute atomic E-state index is 0.0789. The highest BCUT2D eigenvalue weighted by molar-refractivity contribution is 7.89. The number of halogens is 2. The van der Waals surface area contributed by atoms with Gasteiger partial charge in [-0.1, -0.05) is 29.3 Å². The molecule has 2 N–H and O–H groups in total. The zero-order chi connectivity index (χ0) is 24.7. The molecule has 2 unspecified atom stereocenters. The number of carboxylic acids is 1. The molecular weight excluding hydrogens is 515 g/mol. The molecule has 2 aliphatic rings. The second-order valence-electron chi connectivity index (χ2n) is 9.04. The molecule has 12 heteroatoms. The summed E-state index contributed by atoms with van der Waals surface area (Å²) in [4.78, 5) is 10.8. The average molecular weight is 541 g/mol. The smallest absolute Gasteiger partial charge is 0.304 e. The molecule has 0 aliphatic carbocycles. The maximum atomic E-state index is 12.4. The molecule has 0 amide bonds. The molecule has 1 aromatic carbocycles. The Morgan fingerprint density at radius 2 is 2.09 bits per heavy atom. The van der Waals surface area contributed by atoms with Gasteiger partial charge in [0.2, 0.25) is 10.0 Å². The number of aliphatic carboxylic acids is 1. The molecule has 4 heterocycles. The third-order valence-corrected chi connectivity index (χ3v) is 8.86. The first-order chi connectivity index (χ1) is 16.7. The third-order valence-electron chi connectivity index (χ3n) is 6.63. The summed E-state index contributed by atoms with van der Waals surface area (Å²) >= 11 is 13.0. The number of hydrogen-bond acceptors (Lipinski definition) is 5. The van der Waals surface area contributed by atoms with Gasteiger partial charge in [-0.3, -0.25) is 4.79 Å². The SMILES string of the molecule is O=C(O)CCS(=O)(=O)NC1CCc2c(-c3cnn(C4CCCCO4)c3)c3ccc(Cl)c(Cl)c3n2C1. The number of carbonyl (C=O) groups is 1. The van der Waals surface area contributed by atoms with Gasteiger partial charge in [0.1, 0.15) is 6.23 Å². The highest BCUT2D eigenvalue weighted by Gasteiger charge is 2.30. The number of rotatable bonds is 7. The molecule has 1 saturated heterocycles. The van der Waals surface area contributed by atoms with Gasteiger partial charge in [-0.15, -0.1) is 0 Å². The van der Waals surface area contributed by atoms with Gasteiger partial charge in [0.25, 0.3) is 0 Å². The van der Waals surface area contributed by atoms with Gasteiger partial charge in [0, 0.05) is 47.6 Å². The van der Waals surface area contributed by atoms with Gasteiger partial charge in [-0.05, 0) is 38.2 Å². The number of carboxylic acid groups (broad SMARTS) is 1. The van der Waals surface area contributed by atoms with Crippen molar-refractivity contribution in [2.75, 3.05) is 12.4 Å². The molecule has 0 saturated carbocycles.